The molecule has 0 bridgehead atoms. The number of amidine groups is 1. The van der Waals surface area contributed by atoms with Gasteiger partial charge in [0.1, 0.15) is 0 Å². The van der Waals surface area contributed by atoms with Crippen molar-refractivity contribution < 1.29 is 13.2 Å². The SMILES string of the molecule is Cc1cccc2c1N(C)C(=NS(=O)(=O)c1ccccc1)C2=[N+]=[N-]. The van der Waals surface area contributed by atoms with Crippen molar-refractivity contribution in [1.29, 1.82) is 0 Å². The maximum atomic E-state index is 12.5. The van der Waals surface area contributed by atoms with E-state index in [1.165, 1.54) is 12.1 Å². The highest BCUT2D eigenvalue weighted by Gasteiger charge is 2.38. The number of nitrogens with zero attached hydrogens (tertiary/aromatic N) is 4. The number of para-hydroxylation sites is 1. The zero-order chi connectivity index (χ0) is 16.6. The molecule has 7 heteroatoms. The van der Waals surface area contributed by atoms with Crippen molar-refractivity contribution >= 4 is 27.3 Å². The van der Waals surface area contributed by atoms with Crippen molar-refractivity contribution in [2.45, 2.75) is 11.8 Å². The van der Waals surface area contributed by atoms with Crippen LogP contribution < -0.4 is 4.90 Å². The summed E-state index contributed by atoms with van der Waals surface area (Å²) in [6, 6.07) is 13.4. The fourth-order valence-corrected chi connectivity index (χ4v) is 3.69. The number of anilines is 1. The summed E-state index contributed by atoms with van der Waals surface area (Å²) in [6.07, 6.45) is 0. The minimum absolute atomic E-state index is 0.0888. The largest absolute Gasteiger partial charge is 0.367 e. The molecule has 6 nitrogen and oxygen atoms in total. The number of fused-ring (bicyclic) bond motifs is 1. The molecule has 1 heterocycles. The minimum Gasteiger partial charge on any atom is -0.361 e. The van der Waals surface area contributed by atoms with Crippen LogP contribution in [0.15, 0.2) is 57.8 Å². The Balaban J connectivity index is 2.19. The Kier molecular flexibility index (Phi) is 3.60. The molecule has 0 unspecified atom stereocenters. The average molecular weight is 326 g/mol. The molecule has 0 aromatic heterocycles. The standard InChI is InChI=1S/C16H14N4O2S/c1-11-7-6-10-13-14(18-17)16(20(2)15(11)13)19-23(21,22)12-8-4-3-5-9-12/h3-10H,1-2H3. The highest BCUT2D eigenvalue weighted by atomic mass is 32.2. The number of hydrogen-bond donors (Lipinski definition) is 0. The van der Waals surface area contributed by atoms with Crippen LogP contribution in [0.4, 0.5) is 5.69 Å². The predicted molar refractivity (Wildman–Crippen MR) is 88.4 cm³/mol. The topological polar surface area (TPSA) is 86.1 Å². The van der Waals surface area contributed by atoms with Crippen LogP contribution in [0.3, 0.4) is 0 Å². The molecule has 23 heavy (non-hydrogen) atoms. The van der Waals surface area contributed by atoms with Crippen molar-refractivity contribution in [3.8, 4) is 0 Å². The Morgan fingerprint density at radius 3 is 2.43 bits per heavy atom. The lowest BCUT2D eigenvalue weighted by Crippen LogP contribution is -2.28. The maximum absolute atomic E-state index is 12.5. The molecule has 3 rings (SSSR count). The van der Waals surface area contributed by atoms with Crippen LogP contribution in [-0.2, 0) is 10.0 Å². The molecule has 2 aromatic rings. The third-order valence-electron chi connectivity index (χ3n) is 3.71. The monoisotopic (exact) mass is 326 g/mol. The second-order valence-electron chi connectivity index (χ2n) is 5.18. The Bertz CT molecular complexity index is 959. The van der Waals surface area contributed by atoms with Crippen LogP contribution in [-0.4, -0.2) is 31.8 Å². The summed E-state index contributed by atoms with van der Waals surface area (Å²) in [5.74, 6) is 0.0978. The molecular weight excluding hydrogens is 312 g/mol. The van der Waals surface area contributed by atoms with Crippen LogP contribution >= 0.6 is 0 Å². The lowest BCUT2D eigenvalue weighted by molar-refractivity contribution is -0.000203. The van der Waals surface area contributed by atoms with Gasteiger partial charge in [-0.15, -0.1) is 4.40 Å². The van der Waals surface area contributed by atoms with E-state index < -0.39 is 10.0 Å². The van der Waals surface area contributed by atoms with Crippen molar-refractivity contribution in [2.75, 3.05) is 11.9 Å². The molecule has 0 N–H and O–H groups in total. The van der Waals surface area contributed by atoms with Gasteiger partial charge in [0.05, 0.1) is 16.1 Å². The first-order valence-electron chi connectivity index (χ1n) is 6.92. The van der Waals surface area contributed by atoms with Gasteiger partial charge in [0.25, 0.3) is 10.0 Å². The third-order valence-corrected chi connectivity index (χ3v) is 4.99. The second-order valence-corrected chi connectivity index (χ2v) is 6.79. The molecule has 0 radical (unpaired) electrons. The zero-order valence-corrected chi connectivity index (χ0v) is 13.4. The van der Waals surface area contributed by atoms with Crippen LogP contribution in [0.5, 0.6) is 0 Å². The van der Waals surface area contributed by atoms with E-state index in [9.17, 15) is 13.9 Å². The van der Waals surface area contributed by atoms with Crippen LogP contribution in [0.25, 0.3) is 5.53 Å². The third kappa shape index (κ3) is 2.46. The van der Waals surface area contributed by atoms with E-state index in [1.807, 2.05) is 19.1 Å². The van der Waals surface area contributed by atoms with Crippen molar-refractivity contribution in [3.63, 3.8) is 0 Å². The van der Waals surface area contributed by atoms with Gasteiger partial charge in [0, 0.05) is 7.05 Å². The van der Waals surface area contributed by atoms with Crippen LogP contribution in [0.2, 0.25) is 0 Å². The van der Waals surface area contributed by atoms with E-state index in [-0.39, 0.29) is 16.4 Å². The number of benzene rings is 2. The van der Waals surface area contributed by atoms with E-state index >= 15 is 0 Å². The average Bonchev–Trinajstić information content (AvgIpc) is 2.81. The molecule has 1 aliphatic heterocycles. The fourth-order valence-electron chi connectivity index (χ4n) is 2.64. The Morgan fingerprint density at radius 2 is 1.78 bits per heavy atom. The highest BCUT2D eigenvalue weighted by molar-refractivity contribution is 7.90. The normalized spacial score (nSPS) is 15.7. The van der Waals surface area contributed by atoms with Gasteiger partial charge in [0.2, 0.25) is 5.84 Å². The molecular formula is C16H14N4O2S. The van der Waals surface area contributed by atoms with E-state index in [1.54, 1.807) is 36.2 Å². The molecule has 116 valence electrons. The molecule has 0 fully saturated rings. The lowest BCUT2D eigenvalue weighted by Gasteiger charge is -2.13. The quantitative estimate of drug-likeness (QED) is 0.626. The lowest BCUT2D eigenvalue weighted by atomic mass is 10.1. The van der Waals surface area contributed by atoms with Gasteiger partial charge in [-0.3, -0.25) is 0 Å². The molecule has 2 aromatic carbocycles. The van der Waals surface area contributed by atoms with E-state index in [0.29, 0.717) is 5.56 Å². The van der Waals surface area contributed by atoms with E-state index in [0.717, 1.165) is 11.3 Å². The zero-order valence-electron chi connectivity index (χ0n) is 12.6. The first kappa shape index (κ1) is 15.1. The number of sulfonamides is 1. The van der Waals surface area contributed by atoms with Gasteiger partial charge in [-0.1, -0.05) is 30.3 Å². The summed E-state index contributed by atoms with van der Waals surface area (Å²) < 4.78 is 28.9. The molecule has 0 aliphatic carbocycles. The van der Waals surface area contributed by atoms with E-state index in [4.69, 9.17) is 0 Å². The number of aryl methyl sites for hydroxylation is 1. The summed E-state index contributed by atoms with van der Waals surface area (Å²) >= 11 is 0. The first-order chi connectivity index (χ1) is 11.0. The maximum Gasteiger partial charge on any atom is 0.367 e. The van der Waals surface area contributed by atoms with Crippen LogP contribution in [0.1, 0.15) is 11.1 Å². The summed E-state index contributed by atoms with van der Waals surface area (Å²) in [5, 5.41) is 0. The number of hydrogen-bond acceptors (Lipinski definition) is 2. The molecule has 1 aliphatic rings. The summed E-state index contributed by atoms with van der Waals surface area (Å²) in [5.41, 5.74) is 11.9. The minimum atomic E-state index is -3.90. The van der Waals surface area contributed by atoms with Crippen LogP contribution in [0, 0.1) is 6.92 Å². The second kappa shape index (κ2) is 5.46. The van der Waals surface area contributed by atoms with Gasteiger partial charge in [-0.25, -0.2) is 0 Å². The Labute approximate surface area is 134 Å². The number of rotatable bonds is 2. The fraction of sp³-hybridized carbons (Fsp3) is 0.125. The van der Waals surface area contributed by atoms with Gasteiger partial charge < -0.3 is 10.4 Å². The molecule has 0 amide bonds. The molecule has 0 spiro atoms. The Morgan fingerprint density at radius 1 is 1.09 bits per heavy atom. The van der Waals surface area contributed by atoms with E-state index in [2.05, 4.69) is 9.19 Å². The van der Waals surface area contributed by atoms with Crippen molar-refractivity contribution in [2.24, 2.45) is 4.40 Å². The first-order valence-corrected chi connectivity index (χ1v) is 8.36. The number of likely N-dealkylation sites (N-methyl/N-ethyl adjacent to an activating group) is 1. The van der Waals surface area contributed by atoms with Gasteiger partial charge in [0.15, 0.2) is 0 Å². The smallest absolute Gasteiger partial charge is 0.361 e. The highest BCUT2D eigenvalue weighted by Crippen LogP contribution is 2.32. The van der Waals surface area contributed by atoms with Gasteiger partial charge in [-0.2, -0.15) is 13.2 Å². The summed E-state index contributed by atoms with van der Waals surface area (Å²) in [7, 11) is -2.20. The summed E-state index contributed by atoms with van der Waals surface area (Å²) in [4.78, 5) is 4.97. The molecule has 0 atom stereocenters. The van der Waals surface area contributed by atoms with Crippen molar-refractivity contribution in [3.05, 3.63) is 65.2 Å². The summed E-state index contributed by atoms with van der Waals surface area (Å²) in [6.45, 7) is 1.90. The predicted octanol–water partition coefficient (Wildman–Crippen LogP) is 2.25. The molecule has 0 saturated heterocycles. The Hall–Kier alpha value is -2.76. The van der Waals surface area contributed by atoms with Crippen molar-refractivity contribution in [1.82, 2.24) is 0 Å². The van der Waals surface area contributed by atoms with Gasteiger partial charge in [-0.05, 0) is 30.7 Å². The van der Waals surface area contributed by atoms with Gasteiger partial charge >= 0.3 is 5.71 Å². The molecule has 0 saturated carbocycles.